The van der Waals surface area contributed by atoms with Crippen LogP contribution in [-0.4, -0.2) is 21.5 Å². The number of rotatable bonds is 5. The van der Waals surface area contributed by atoms with E-state index in [1.165, 1.54) is 0 Å². The Morgan fingerprint density at radius 3 is 2.65 bits per heavy atom. The highest BCUT2D eigenvalue weighted by Crippen LogP contribution is 2.12. The van der Waals surface area contributed by atoms with Gasteiger partial charge in [0.2, 0.25) is 0 Å². The molecule has 2 rings (SSSR count). The Morgan fingerprint density at radius 1 is 1.24 bits per heavy atom. The van der Waals surface area contributed by atoms with Crippen molar-refractivity contribution in [1.29, 1.82) is 0 Å². The molecule has 17 heavy (non-hydrogen) atoms. The van der Waals surface area contributed by atoms with Gasteiger partial charge in [-0.15, -0.1) is 11.3 Å². The molecule has 0 unspecified atom stereocenters. The Hall–Kier alpha value is -1.69. The molecular weight excluding hydrogens is 234 g/mol. The fraction of sp³-hybridized carbons (Fsp3) is 0.364. The Labute approximate surface area is 104 Å². The standard InChI is InChI=1S/C11H15N5S/c1-3-12-9-4-10(15-7-14-9)13-5-11-16-8(2)6-17-11/h4,6-7H,3,5H2,1-2H3,(H2,12,13,14,15). The summed E-state index contributed by atoms with van der Waals surface area (Å²) in [6, 6.07) is 1.89. The van der Waals surface area contributed by atoms with E-state index in [0.717, 1.165) is 28.9 Å². The second-order valence-corrected chi connectivity index (χ2v) is 4.50. The molecule has 90 valence electrons. The Morgan fingerprint density at radius 2 is 2.00 bits per heavy atom. The quantitative estimate of drug-likeness (QED) is 0.851. The minimum atomic E-state index is 0.696. The van der Waals surface area contributed by atoms with Gasteiger partial charge in [-0.2, -0.15) is 0 Å². The molecule has 0 aromatic carbocycles. The summed E-state index contributed by atoms with van der Waals surface area (Å²) in [5, 5.41) is 9.48. The minimum Gasteiger partial charge on any atom is -0.370 e. The average Bonchev–Trinajstić information content (AvgIpc) is 2.74. The van der Waals surface area contributed by atoms with Crippen molar-refractivity contribution in [2.45, 2.75) is 20.4 Å². The first-order valence-corrected chi connectivity index (χ1v) is 6.36. The molecule has 0 aliphatic carbocycles. The van der Waals surface area contributed by atoms with Crippen molar-refractivity contribution in [2.75, 3.05) is 17.2 Å². The highest BCUT2D eigenvalue weighted by Gasteiger charge is 2.00. The van der Waals surface area contributed by atoms with Crippen LogP contribution in [0.25, 0.3) is 0 Å². The van der Waals surface area contributed by atoms with Crippen LogP contribution in [0.15, 0.2) is 17.8 Å². The molecule has 0 aliphatic rings. The van der Waals surface area contributed by atoms with Gasteiger partial charge >= 0.3 is 0 Å². The minimum absolute atomic E-state index is 0.696. The molecule has 2 aromatic heterocycles. The van der Waals surface area contributed by atoms with Crippen LogP contribution in [0.5, 0.6) is 0 Å². The number of aryl methyl sites for hydroxylation is 1. The summed E-state index contributed by atoms with van der Waals surface area (Å²) >= 11 is 1.65. The van der Waals surface area contributed by atoms with Gasteiger partial charge in [0.05, 0.1) is 6.54 Å². The molecule has 2 heterocycles. The van der Waals surface area contributed by atoms with Crippen molar-refractivity contribution < 1.29 is 0 Å². The first-order valence-electron chi connectivity index (χ1n) is 5.48. The molecule has 0 radical (unpaired) electrons. The van der Waals surface area contributed by atoms with Crippen LogP contribution in [0.4, 0.5) is 11.6 Å². The van der Waals surface area contributed by atoms with Gasteiger partial charge in [0.1, 0.15) is 23.0 Å². The van der Waals surface area contributed by atoms with Crippen molar-refractivity contribution in [3.05, 3.63) is 28.5 Å². The topological polar surface area (TPSA) is 62.7 Å². The Balaban J connectivity index is 1.96. The van der Waals surface area contributed by atoms with Crippen LogP contribution in [-0.2, 0) is 6.54 Å². The lowest BCUT2D eigenvalue weighted by atomic mass is 10.5. The molecule has 0 aliphatic heterocycles. The number of aromatic nitrogens is 3. The van der Waals surface area contributed by atoms with Crippen LogP contribution in [0.2, 0.25) is 0 Å². The maximum absolute atomic E-state index is 4.38. The number of anilines is 2. The van der Waals surface area contributed by atoms with Gasteiger partial charge in [0.25, 0.3) is 0 Å². The van der Waals surface area contributed by atoms with Gasteiger partial charge in [-0.05, 0) is 13.8 Å². The first kappa shape index (κ1) is 11.8. The highest BCUT2D eigenvalue weighted by molar-refractivity contribution is 7.09. The van der Waals surface area contributed by atoms with Crippen LogP contribution in [0, 0.1) is 6.92 Å². The molecule has 0 bridgehead atoms. The van der Waals surface area contributed by atoms with Crippen LogP contribution >= 0.6 is 11.3 Å². The lowest BCUT2D eigenvalue weighted by Gasteiger charge is -2.05. The maximum Gasteiger partial charge on any atom is 0.131 e. The van der Waals surface area contributed by atoms with E-state index in [-0.39, 0.29) is 0 Å². The molecule has 0 fully saturated rings. The maximum atomic E-state index is 4.38. The number of thiazole rings is 1. The second-order valence-electron chi connectivity index (χ2n) is 3.55. The van der Waals surface area contributed by atoms with E-state index >= 15 is 0 Å². The monoisotopic (exact) mass is 249 g/mol. The molecule has 0 spiro atoms. The van der Waals surface area contributed by atoms with Gasteiger partial charge in [-0.3, -0.25) is 0 Å². The summed E-state index contributed by atoms with van der Waals surface area (Å²) in [7, 11) is 0. The summed E-state index contributed by atoms with van der Waals surface area (Å²) in [5.74, 6) is 1.64. The van der Waals surface area contributed by atoms with Gasteiger partial charge in [0.15, 0.2) is 0 Å². The summed E-state index contributed by atoms with van der Waals surface area (Å²) in [5.41, 5.74) is 1.06. The van der Waals surface area contributed by atoms with Crippen LogP contribution in [0.3, 0.4) is 0 Å². The molecule has 6 heteroatoms. The fourth-order valence-electron chi connectivity index (χ4n) is 1.38. The third-order valence-corrected chi connectivity index (χ3v) is 3.08. The van der Waals surface area contributed by atoms with E-state index in [1.54, 1.807) is 17.7 Å². The fourth-order valence-corrected chi connectivity index (χ4v) is 2.09. The molecule has 5 nitrogen and oxygen atoms in total. The zero-order valence-electron chi connectivity index (χ0n) is 9.90. The van der Waals surface area contributed by atoms with Crippen molar-refractivity contribution in [3.63, 3.8) is 0 Å². The molecule has 0 saturated heterocycles. The summed E-state index contributed by atoms with van der Waals surface area (Å²) < 4.78 is 0. The lowest BCUT2D eigenvalue weighted by Crippen LogP contribution is -2.04. The molecule has 0 amide bonds. The zero-order chi connectivity index (χ0) is 12.1. The van der Waals surface area contributed by atoms with Gasteiger partial charge < -0.3 is 10.6 Å². The van der Waals surface area contributed by atoms with E-state index in [4.69, 9.17) is 0 Å². The van der Waals surface area contributed by atoms with E-state index in [9.17, 15) is 0 Å². The van der Waals surface area contributed by atoms with E-state index < -0.39 is 0 Å². The summed E-state index contributed by atoms with van der Waals surface area (Å²) in [6.45, 7) is 5.57. The zero-order valence-corrected chi connectivity index (χ0v) is 10.7. The van der Waals surface area contributed by atoms with Gasteiger partial charge in [0, 0.05) is 23.7 Å². The largest absolute Gasteiger partial charge is 0.370 e. The van der Waals surface area contributed by atoms with Crippen LogP contribution in [0.1, 0.15) is 17.6 Å². The second kappa shape index (κ2) is 5.58. The van der Waals surface area contributed by atoms with Crippen molar-refractivity contribution in [1.82, 2.24) is 15.0 Å². The average molecular weight is 249 g/mol. The van der Waals surface area contributed by atoms with Crippen molar-refractivity contribution in [2.24, 2.45) is 0 Å². The summed E-state index contributed by atoms with van der Waals surface area (Å²) in [4.78, 5) is 12.7. The lowest BCUT2D eigenvalue weighted by molar-refractivity contribution is 1.04. The van der Waals surface area contributed by atoms with E-state index in [0.29, 0.717) is 6.54 Å². The number of hydrogen-bond acceptors (Lipinski definition) is 6. The van der Waals surface area contributed by atoms with Gasteiger partial charge in [-0.1, -0.05) is 0 Å². The van der Waals surface area contributed by atoms with Crippen molar-refractivity contribution in [3.8, 4) is 0 Å². The SMILES string of the molecule is CCNc1cc(NCc2nc(C)cs2)ncn1. The van der Waals surface area contributed by atoms with E-state index in [1.807, 2.05) is 25.3 Å². The predicted octanol–water partition coefficient (Wildman–Crippen LogP) is 2.29. The predicted molar refractivity (Wildman–Crippen MR) is 70.4 cm³/mol. The number of hydrogen-bond donors (Lipinski definition) is 2. The summed E-state index contributed by atoms with van der Waals surface area (Å²) in [6.07, 6.45) is 1.55. The third kappa shape index (κ3) is 3.39. The first-order chi connectivity index (χ1) is 8.28. The normalized spacial score (nSPS) is 10.2. The molecule has 0 atom stereocenters. The molecular formula is C11H15N5S. The smallest absolute Gasteiger partial charge is 0.131 e. The van der Waals surface area contributed by atoms with Crippen molar-refractivity contribution >= 4 is 23.0 Å². The van der Waals surface area contributed by atoms with E-state index in [2.05, 4.69) is 25.6 Å². The van der Waals surface area contributed by atoms with Gasteiger partial charge in [-0.25, -0.2) is 15.0 Å². The highest BCUT2D eigenvalue weighted by atomic mass is 32.1. The number of nitrogens with one attached hydrogen (secondary N) is 2. The Bertz CT molecular complexity index is 482. The Kier molecular flexibility index (Phi) is 3.87. The number of nitrogens with zero attached hydrogens (tertiary/aromatic N) is 3. The molecule has 2 aromatic rings. The van der Waals surface area contributed by atoms with Crippen LogP contribution < -0.4 is 10.6 Å². The third-order valence-electron chi connectivity index (χ3n) is 2.11. The molecule has 2 N–H and O–H groups in total. The molecule has 0 saturated carbocycles.